The first-order chi connectivity index (χ1) is 11.4. The fourth-order valence-corrected chi connectivity index (χ4v) is 2.49. The van der Waals surface area contributed by atoms with Crippen LogP contribution in [0.5, 0.6) is 11.5 Å². The Balaban J connectivity index is 2.38. The molecule has 0 aliphatic carbocycles. The van der Waals surface area contributed by atoms with Gasteiger partial charge in [-0.1, -0.05) is 0 Å². The topological polar surface area (TPSA) is 64.8 Å². The quantitative estimate of drug-likeness (QED) is 0.595. The second kappa shape index (κ2) is 7.16. The van der Waals surface area contributed by atoms with Crippen molar-refractivity contribution in [3.8, 4) is 11.5 Å². The van der Waals surface area contributed by atoms with Crippen molar-refractivity contribution in [1.82, 2.24) is 0 Å². The van der Waals surface area contributed by atoms with E-state index < -0.39 is 10.7 Å². The van der Waals surface area contributed by atoms with Gasteiger partial charge >= 0.3 is 0 Å². The Kier molecular flexibility index (Phi) is 5.23. The molecule has 0 bridgehead atoms. The predicted molar refractivity (Wildman–Crippen MR) is 89.4 cm³/mol. The molecule has 6 nitrogen and oxygen atoms in total. The molecule has 2 aromatic carbocycles. The molecule has 128 valence electrons. The summed E-state index contributed by atoms with van der Waals surface area (Å²) >= 11 is 0. The highest BCUT2D eigenvalue weighted by Crippen LogP contribution is 2.33. The van der Waals surface area contributed by atoms with E-state index in [-0.39, 0.29) is 11.4 Å². The molecule has 2 rings (SSSR count). The van der Waals surface area contributed by atoms with Crippen LogP contribution >= 0.6 is 0 Å². The van der Waals surface area contributed by atoms with Crippen LogP contribution in [0.15, 0.2) is 30.3 Å². The van der Waals surface area contributed by atoms with E-state index in [9.17, 15) is 14.5 Å². The molecule has 0 aliphatic rings. The zero-order chi connectivity index (χ0) is 17.9. The molecule has 0 fully saturated rings. The number of nitro benzene ring substituents is 1. The van der Waals surface area contributed by atoms with Gasteiger partial charge in [0.05, 0.1) is 19.1 Å². The third-order valence-corrected chi connectivity index (χ3v) is 3.80. The molecule has 0 N–H and O–H groups in total. The summed E-state index contributed by atoms with van der Waals surface area (Å²) in [5.74, 6) is 0.657. The number of ether oxygens (including phenoxy) is 2. The number of hydrogen-bond acceptors (Lipinski definition) is 5. The average molecular weight is 334 g/mol. The highest BCUT2D eigenvalue weighted by Gasteiger charge is 2.19. The number of aryl methyl sites for hydroxylation is 1. The number of nitrogens with zero attached hydrogens (tertiary/aromatic N) is 2. The molecule has 0 unspecified atom stereocenters. The molecular weight excluding hydrogens is 315 g/mol. The predicted octanol–water partition coefficient (Wildman–Crippen LogP) is 3.70. The van der Waals surface area contributed by atoms with Crippen LogP contribution in [0.3, 0.4) is 0 Å². The molecule has 0 aliphatic heterocycles. The van der Waals surface area contributed by atoms with Crippen LogP contribution in [-0.2, 0) is 6.54 Å². The fourth-order valence-electron chi connectivity index (χ4n) is 2.49. The lowest BCUT2D eigenvalue weighted by atomic mass is 10.1. The summed E-state index contributed by atoms with van der Waals surface area (Å²) in [5.41, 5.74) is 1.92. The Labute approximate surface area is 139 Å². The molecule has 0 spiro atoms. The van der Waals surface area contributed by atoms with Gasteiger partial charge in [0.2, 0.25) is 0 Å². The minimum atomic E-state index is -0.522. The Morgan fingerprint density at radius 1 is 1.17 bits per heavy atom. The van der Waals surface area contributed by atoms with Gasteiger partial charge in [-0.3, -0.25) is 10.1 Å². The van der Waals surface area contributed by atoms with Crippen LogP contribution in [0.4, 0.5) is 15.8 Å². The smallest absolute Gasteiger partial charge is 0.292 e. The van der Waals surface area contributed by atoms with Crippen LogP contribution in [0, 0.1) is 22.9 Å². The zero-order valence-electron chi connectivity index (χ0n) is 14.0. The van der Waals surface area contributed by atoms with Crippen molar-refractivity contribution in [3.05, 3.63) is 57.4 Å². The summed E-state index contributed by atoms with van der Waals surface area (Å²) in [6.07, 6.45) is 0. The van der Waals surface area contributed by atoms with E-state index in [1.807, 2.05) is 19.1 Å². The minimum Gasteiger partial charge on any atom is -0.493 e. The summed E-state index contributed by atoms with van der Waals surface area (Å²) in [5, 5.41) is 11.2. The summed E-state index contributed by atoms with van der Waals surface area (Å²) in [4.78, 5) is 12.3. The van der Waals surface area contributed by atoms with Gasteiger partial charge in [0.1, 0.15) is 11.5 Å². The van der Waals surface area contributed by atoms with E-state index in [1.54, 1.807) is 19.1 Å². The highest BCUT2D eigenvalue weighted by molar-refractivity contribution is 5.63. The highest BCUT2D eigenvalue weighted by atomic mass is 19.1. The molecule has 0 atom stereocenters. The van der Waals surface area contributed by atoms with Gasteiger partial charge < -0.3 is 14.4 Å². The largest absolute Gasteiger partial charge is 0.493 e. The van der Waals surface area contributed by atoms with Crippen molar-refractivity contribution in [3.63, 3.8) is 0 Å². The number of hydrogen-bond donors (Lipinski definition) is 0. The van der Waals surface area contributed by atoms with Gasteiger partial charge in [0, 0.05) is 25.7 Å². The lowest BCUT2D eigenvalue weighted by Gasteiger charge is -2.21. The maximum Gasteiger partial charge on any atom is 0.292 e. The minimum absolute atomic E-state index is 0.142. The van der Waals surface area contributed by atoms with Crippen LogP contribution in [0.2, 0.25) is 0 Å². The van der Waals surface area contributed by atoms with Gasteiger partial charge in [-0.2, -0.15) is 0 Å². The molecule has 2 aromatic rings. The van der Waals surface area contributed by atoms with E-state index >= 15 is 0 Å². The van der Waals surface area contributed by atoms with E-state index in [1.165, 1.54) is 13.2 Å². The monoisotopic (exact) mass is 334 g/mol. The molecule has 0 radical (unpaired) electrons. The van der Waals surface area contributed by atoms with Gasteiger partial charge in [-0.05, 0) is 36.2 Å². The Morgan fingerprint density at radius 3 is 2.38 bits per heavy atom. The van der Waals surface area contributed by atoms with Gasteiger partial charge in [0.25, 0.3) is 5.69 Å². The van der Waals surface area contributed by atoms with E-state index in [0.29, 0.717) is 18.0 Å². The SMILES string of the molecule is COc1cc(C)c(CN(C)c2cc(F)ccc2[N+](=O)[O-])cc1OC. The fraction of sp³-hybridized carbons (Fsp3) is 0.294. The summed E-state index contributed by atoms with van der Waals surface area (Å²) in [7, 11) is 4.77. The summed E-state index contributed by atoms with van der Waals surface area (Å²) in [6, 6.07) is 7.06. The maximum absolute atomic E-state index is 13.5. The maximum atomic E-state index is 13.5. The second-order valence-corrected chi connectivity index (χ2v) is 5.38. The number of methoxy groups -OCH3 is 2. The van der Waals surface area contributed by atoms with E-state index in [0.717, 1.165) is 23.3 Å². The summed E-state index contributed by atoms with van der Waals surface area (Å²) in [6.45, 7) is 2.27. The van der Waals surface area contributed by atoms with Gasteiger partial charge in [-0.25, -0.2) is 4.39 Å². The number of benzene rings is 2. The number of anilines is 1. The average Bonchev–Trinajstić information content (AvgIpc) is 2.55. The molecular formula is C17H19FN2O4. The first kappa shape index (κ1) is 17.5. The molecule has 0 amide bonds. The molecule has 0 saturated carbocycles. The van der Waals surface area contributed by atoms with Crippen LogP contribution < -0.4 is 14.4 Å². The third-order valence-electron chi connectivity index (χ3n) is 3.80. The van der Waals surface area contributed by atoms with Crippen molar-refractivity contribution >= 4 is 11.4 Å². The molecule has 24 heavy (non-hydrogen) atoms. The molecule has 0 heterocycles. The van der Waals surface area contributed by atoms with Crippen molar-refractivity contribution in [2.24, 2.45) is 0 Å². The Morgan fingerprint density at radius 2 is 1.79 bits per heavy atom. The van der Waals surface area contributed by atoms with Crippen LogP contribution in [0.25, 0.3) is 0 Å². The first-order valence-corrected chi connectivity index (χ1v) is 7.24. The second-order valence-electron chi connectivity index (χ2n) is 5.38. The third kappa shape index (κ3) is 3.56. The number of nitro groups is 1. The van der Waals surface area contributed by atoms with Crippen molar-refractivity contribution in [2.45, 2.75) is 13.5 Å². The Hall–Kier alpha value is -2.83. The van der Waals surface area contributed by atoms with Gasteiger partial charge in [0.15, 0.2) is 11.5 Å². The van der Waals surface area contributed by atoms with Crippen molar-refractivity contribution in [1.29, 1.82) is 0 Å². The van der Waals surface area contributed by atoms with Crippen molar-refractivity contribution < 1.29 is 18.8 Å². The normalized spacial score (nSPS) is 10.4. The lowest BCUT2D eigenvalue weighted by molar-refractivity contribution is -0.384. The van der Waals surface area contributed by atoms with Crippen LogP contribution in [-0.4, -0.2) is 26.2 Å². The molecule has 0 aromatic heterocycles. The Bertz CT molecular complexity index is 764. The standard InChI is InChI=1S/C17H19FN2O4/c1-11-7-16(23-3)17(24-4)8-12(11)10-19(2)15-9-13(18)5-6-14(15)20(21)22/h5-9H,10H2,1-4H3. The summed E-state index contributed by atoms with van der Waals surface area (Å²) < 4.78 is 24.1. The zero-order valence-corrected chi connectivity index (χ0v) is 14.0. The molecule has 7 heteroatoms. The van der Waals surface area contributed by atoms with Crippen LogP contribution in [0.1, 0.15) is 11.1 Å². The van der Waals surface area contributed by atoms with E-state index in [4.69, 9.17) is 9.47 Å². The van der Waals surface area contributed by atoms with Crippen molar-refractivity contribution in [2.75, 3.05) is 26.2 Å². The van der Waals surface area contributed by atoms with Gasteiger partial charge in [-0.15, -0.1) is 0 Å². The van der Waals surface area contributed by atoms with E-state index in [2.05, 4.69) is 0 Å². The number of halogens is 1. The molecule has 0 saturated heterocycles. The lowest BCUT2D eigenvalue weighted by Crippen LogP contribution is -2.18. The first-order valence-electron chi connectivity index (χ1n) is 7.24. The number of rotatable bonds is 6.